The van der Waals surface area contributed by atoms with Crippen LogP contribution in [0.2, 0.25) is 0 Å². The van der Waals surface area contributed by atoms with Crippen LogP contribution in [0.1, 0.15) is 91.9 Å². The molecule has 0 saturated carbocycles. The van der Waals surface area contributed by atoms with Crippen molar-refractivity contribution in [2.24, 2.45) is 0 Å². The second-order valence-electron chi connectivity index (χ2n) is 11.2. The fourth-order valence-electron chi connectivity index (χ4n) is 4.41. The van der Waals surface area contributed by atoms with Crippen molar-refractivity contribution in [1.82, 2.24) is 0 Å². The van der Waals surface area contributed by atoms with E-state index in [1.54, 1.807) is 0 Å². The van der Waals surface area contributed by atoms with Crippen LogP contribution in [0.3, 0.4) is 0 Å². The van der Waals surface area contributed by atoms with E-state index in [0.29, 0.717) is 43.1 Å². The van der Waals surface area contributed by atoms with Gasteiger partial charge in [0, 0.05) is 25.7 Å². The topological polar surface area (TPSA) is 124 Å². The summed E-state index contributed by atoms with van der Waals surface area (Å²) in [7, 11) is 4.10. The molecule has 0 bridgehead atoms. The highest BCUT2D eigenvalue weighted by atomic mass is 16.7. The number of quaternary nitrogens is 1. The van der Waals surface area contributed by atoms with Gasteiger partial charge in [-0.05, 0) is 44.4 Å². The maximum Gasteiger partial charge on any atom is 0.306 e. The lowest BCUT2D eigenvalue weighted by atomic mass is 9.97. The van der Waals surface area contributed by atoms with Gasteiger partial charge in [-0.2, -0.15) is 0 Å². The Morgan fingerprint density at radius 2 is 1.24 bits per heavy atom. The summed E-state index contributed by atoms with van der Waals surface area (Å²) in [5.41, 5.74) is 0. The van der Waals surface area contributed by atoms with E-state index in [0.717, 1.165) is 13.0 Å². The summed E-state index contributed by atoms with van der Waals surface area (Å²) in [4.78, 5) is 50.3. The zero-order valence-electron chi connectivity index (χ0n) is 26.4. The van der Waals surface area contributed by atoms with Gasteiger partial charge in [-0.1, -0.05) is 27.7 Å². The Labute approximate surface area is 251 Å². The van der Waals surface area contributed by atoms with Gasteiger partial charge in [-0.3, -0.25) is 19.2 Å². The standard InChI is InChI=1S/C31H52NO10/c1-8-15-24(33)38-22-23-28(40-25(34)16-9-2)29(41-26(35)17-10-3)30(42-27(36)18-11-4)31(39-23)37-21-14-13-20-32(6,7)19-12-5/h5,23,28-31H,8-11,13-22H2,1-4,6-7H3/q+1/t23-,28-,29+,30-,31?/m1/s1. The first-order valence-electron chi connectivity index (χ1n) is 15.3. The number of nitrogens with zero attached hydrogens (tertiary/aromatic N) is 1. The van der Waals surface area contributed by atoms with Crippen LogP contribution in [0.4, 0.5) is 0 Å². The summed E-state index contributed by atoms with van der Waals surface area (Å²) in [6.07, 6.45) is 3.85. The summed E-state index contributed by atoms with van der Waals surface area (Å²) >= 11 is 0. The molecule has 0 aromatic heterocycles. The lowest BCUT2D eigenvalue weighted by molar-refractivity contribution is -0.883. The molecule has 1 heterocycles. The van der Waals surface area contributed by atoms with Crippen molar-refractivity contribution in [2.75, 3.05) is 40.4 Å². The van der Waals surface area contributed by atoms with Crippen LogP contribution < -0.4 is 0 Å². The van der Waals surface area contributed by atoms with Gasteiger partial charge in [0.25, 0.3) is 0 Å². The Morgan fingerprint density at radius 3 is 1.76 bits per heavy atom. The molecule has 240 valence electrons. The fraction of sp³-hybridized carbons (Fsp3) is 0.806. The Kier molecular flexibility index (Phi) is 18.0. The molecule has 1 aliphatic heterocycles. The van der Waals surface area contributed by atoms with Crippen molar-refractivity contribution in [3.63, 3.8) is 0 Å². The number of carbonyl (C=O) groups is 4. The normalized spacial score (nSPS) is 22.1. The van der Waals surface area contributed by atoms with Crippen molar-refractivity contribution >= 4 is 23.9 Å². The summed E-state index contributed by atoms with van der Waals surface area (Å²) in [5.74, 6) is 0.614. The number of terminal acetylenes is 1. The second kappa shape index (κ2) is 20.3. The van der Waals surface area contributed by atoms with Gasteiger partial charge >= 0.3 is 23.9 Å². The highest BCUT2D eigenvalue weighted by Gasteiger charge is 2.53. The average molecular weight is 599 g/mol. The van der Waals surface area contributed by atoms with Gasteiger partial charge in [0.2, 0.25) is 0 Å². The van der Waals surface area contributed by atoms with E-state index < -0.39 is 54.6 Å². The van der Waals surface area contributed by atoms with Crippen LogP contribution in [-0.2, 0) is 47.6 Å². The van der Waals surface area contributed by atoms with E-state index in [2.05, 4.69) is 5.92 Å². The van der Waals surface area contributed by atoms with Crippen molar-refractivity contribution in [3.05, 3.63) is 0 Å². The molecule has 1 unspecified atom stereocenters. The number of carbonyl (C=O) groups excluding carboxylic acids is 4. The third-order valence-corrected chi connectivity index (χ3v) is 6.58. The number of rotatable bonds is 20. The zero-order chi connectivity index (χ0) is 31.5. The Morgan fingerprint density at radius 1 is 0.738 bits per heavy atom. The molecule has 0 amide bonds. The minimum absolute atomic E-state index is 0.107. The number of esters is 4. The Bertz CT molecular complexity index is 883. The molecule has 0 spiro atoms. The largest absolute Gasteiger partial charge is 0.463 e. The van der Waals surface area contributed by atoms with Crippen LogP contribution in [0.5, 0.6) is 0 Å². The van der Waals surface area contributed by atoms with E-state index in [4.69, 9.17) is 34.8 Å². The predicted octanol–water partition coefficient (Wildman–Crippen LogP) is 3.70. The van der Waals surface area contributed by atoms with Crippen molar-refractivity contribution in [1.29, 1.82) is 0 Å². The van der Waals surface area contributed by atoms with Crippen LogP contribution in [0.25, 0.3) is 0 Å². The molecule has 0 aliphatic carbocycles. The maximum atomic E-state index is 12.8. The second-order valence-corrected chi connectivity index (χ2v) is 11.2. The highest BCUT2D eigenvalue weighted by molar-refractivity contribution is 5.72. The molecular formula is C31H52NO10+. The molecule has 5 atom stereocenters. The first-order valence-corrected chi connectivity index (χ1v) is 15.3. The molecule has 1 saturated heterocycles. The molecule has 1 fully saturated rings. The monoisotopic (exact) mass is 598 g/mol. The van der Waals surface area contributed by atoms with Gasteiger partial charge < -0.3 is 32.9 Å². The Balaban J connectivity index is 3.32. The summed E-state index contributed by atoms with van der Waals surface area (Å²) in [6.45, 7) is 8.75. The molecule has 0 N–H and O–H groups in total. The summed E-state index contributed by atoms with van der Waals surface area (Å²) in [6, 6.07) is 0. The molecule has 11 nitrogen and oxygen atoms in total. The number of hydrogen-bond acceptors (Lipinski definition) is 10. The zero-order valence-corrected chi connectivity index (χ0v) is 26.4. The van der Waals surface area contributed by atoms with E-state index in [1.165, 1.54) is 0 Å². The molecular weight excluding hydrogens is 546 g/mol. The van der Waals surface area contributed by atoms with Crippen LogP contribution in [-0.4, -0.2) is 99.5 Å². The van der Waals surface area contributed by atoms with Crippen molar-refractivity contribution < 1.29 is 52.1 Å². The van der Waals surface area contributed by atoms with Crippen molar-refractivity contribution in [2.45, 2.75) is 123 Å². The Hall–Kier alpha value is -2.68. The van der Waals surface area contributed by atoms with Gasteiger partial charge in [0.15, 0.2) is 24.6 Å². The van der Waals surface area contributed by atoms with Crippen LogP contribution in [0.15, 0.2) is 0 Å². The smallest absolute Gasteiger partial charge is 0.306 e. The van der Waals surface area contributed by atoms with Crippen LogP contribution in [0, 0.1) is 12.3 Å². The lowest BCUT2D eigenvalue weighted by Crippen LogP contribution is -2.63. The minimum atomic E-state index is -1.23. The molecule has 0 aromatic carbocycles. The maximum absolute atomic E-state index is 12.8. The van der Waals surface area contributed by atoms with E-state index >= 15 is 0 Å². The van der Waals surface area contributed by atoms with E-state index in [9.17, 15) is 19.2 Å². The highest BCUT2D eigenvalue weighted by Crippen LogP contribution is 2.31. The molecule has 0 aromatic rings. The molecule has 42 heavy (non-hydrogen) atoms. The van der Waals surface area contributed by atoms with Crippen LogP contribution >= 0.6 is 0 Å². The first-order chi connectivity index (χ1) is 20.0. The molecule has 1 rings (SSSR count). The van der Waals surface area contributed by atoms with E-state index in [-0.39, 0.29) is 38.9 Å². The third kappa shape index (κ3) is 14.0. The van der Waals surface area contributed by atoms with Gasteiger partial charge in [0.1, 0.15) is 19.3 Å². The summed E-state index contributed by atoms with van der Waals surface area (Å²) in [5, 5.41) is 0. The SMILES string of the molecule is C#CC[N+](C)(C)CCCCOC1O[C@H](COC(=O)CCC)[C@@H](OC(=O)CCC)[C@H](OC(=O)CCC)[C@H]1OC(=O)CCC. The first kappa shape index (κ1) is 37.3. The molecule has 1 aliphatic rings. The van der Waals surface area contributed by atoms with Gasteiger partial charge in [-0.15, -0.1) is 6.42 Å². The third-order valence-electron chi connectivity index (χ3n) is 6.58. The minimum Gasteiger partial charge on any atom is -0.463 e. The molecule has 11 heteroatoms. The van der Waals surface area contributed by atoms with Gasteiger partial charge in [0.05, 0.1) is 27.2 Å². The van der Waals surface area contributed by atoms with Crippen molar-refractivity contribution in [3.8, 4) is 12.3 Å². The van der Waals surface area contributed by atoms with E-state index in [1.807, 2.05) is 41.8 Å². The predicted molar refractivity (Wildman–Crippen MR) is 155 cm³/mol. The average Bonchev–Trinajstić information content (AvgIpc) is 2.91. The number of ether oxygens (including phenoxy) is 6. The molecule has 0 radical (unpaired) electrons. The summed E-state index contributed by atoms with van der Waals surface area (Å²) < 4.78 is 35.7. The van der Waals surface area contributed by atoms with Gasteiger partial charge in [-0.25, -0.2) is 0 Å². The number of unbranched alkanes of at least 4 members (excludes halogenated alkanes) is 1. The fourth-order valence-corrected chi connectivity index (χ4v) is 4.41. The lowest BCUT2D eigenvalue weighted by Gasteiger charge is -2.44. The number of hydrogen-bond donors (Lipinski definition) is 0. The quantitative estimate of drug-likeness (QED) is 0.0674.